The van der Waals surface area contributed by atoms with Crippen molar-refractivity contribution < 1.29 is 8.42 Å². The lowest BCUT2D eigenvalue weighted by atomic mass is 10.3. The number of halogens is 1. The molecule has 0 amide bonds. The van der Waals surface area contributed by atoms with Crippen LogP contribution in [0.3, 0.4) is 0 Å². The fraction of sp³-hybridized carbons (Fsp3) is 0.154. The maximum absolute atomic E-state index is 12.1. The molecular formula is C13H13ClN2O3S. The van der Waals surface area contributed by atoms with Crippen LogP contribution in [0.15, 0.2) is 52.3 Å². The van der Waals surface area contributed by atoms with Gasteiger partial charge in [0.25, 0.3) is 5.56 Å². The zero-order valence-corrected chi connectivity index (χ0v) is 12.3. The van der Waals surface area contributed by atoms with Gasteiger partial charge in [0, 0.05) is 25.4 Å². The number of rotatable bonds is 4. The molecule has 0 aliphatic carbocycles. The predicted molar refractivity (Wildman–Crippen MR) is 77.2 cm³/mol. The van der Waals surface area contributed by atoms with Gasteiger partial charge >= 0.3 is 0 Å². The first-order chi connectivity index (χ1) is 9.42. The lowest BCUT2D eigenvalue weighted by Gasteiger charge is -2.08. The number of aromatic nitrogens is 1. The van der Waals surface area contributed by atoms with Crippen LogP contribution < -0.4 is 10.3 Å². The van der Waals surface area contributed by atoms with Crippen molar-refractivity contribution in [2.75, 3.05) is 0 Å². The first kappa shape index (κ1) is 14.8. The average Bonchev–Trinajstić information content (AvgIpc) is 2.41. The highest BCUT2D eigenvalue weighted by Crippen LogP contribution is 2.20. The van der Waals surface area contributed by atoms with Gasteiger partial charge in [-0.2, -0.15) is 0 Å². The van der Waals surface area contributed by atoms with Gasteiger partial charge in [0.05, 0.1) is 5.02 Å². The average molecular weight is 313 g/mol. The van der Waals surface area contributed by atoms with Gasteiger partial charge in [-0.05, 0) is 18.2 Å². The van der Waals surface area contributed by atoms with E-state index in [1.807, 2.05) is 0 Å². The summed E-state index contributed by atoms with van der Waals surface area (Å²) in [5.41, 5.74) is 0.125. The molecule has 0 spiro atoms. The number of nitrogens with zero attached hydrogens (tertiary/aromatic N) is 1. The highest BCUT2D eigenvalue weighted by molar-refractivity contribution is 7.89. The van der Waals surface area contributed by atoms with Crippen LogP contribution in [0.2, 0.25) is 5.02 Å². The fourth-order valence-electron chi connectivity index (χ4n) is 1.70. The molecule has 20 heavy (non-hydrogen) atoms. The van der Waals surface area contributed by atoms with Gasteiger partial charge in [-0.25, -0.2) is 13.1 Å². The van der Waals surface area contributed by atoms with E-state index in [4.69, 9.17) is 11.6 Å². The number of hydrogen-bond donors (Lipinski definition) is 1. The summed E-state index contributed by atoms with van der Waals surface area (Å²) < 4.78 is 28.0. The molecule has 2 aromatic rings. The highest BCUT2D eigenvalue weighted by atomic mass is 35.5. The summed E-state index contributed by atoms with van der Waals surface area (Å²) in [4.78, 5) is 11.8. The molecule has 0 atom stereocenters. The minimum absolute atomic E-state index is 0.00517. The third-order valence-corrected chi connectivity index (χ3v) is 4.68. The van der Waals surface area contributed by atoms with E-state index in [0.717, 1.165) is 0 Å². The molecule has 0 saturated heterocycles. The van der Waals surface area contributed by atoms with Crippen molar-refractivity contribution in [1.82, 2.24) is 9.29 Å². The largest absolute Gasteiger partial charge is 0.318 e. The van der Waals surface area contributed by atoms with Crippen molar-refractivity contribution in [3.8, 4) is 0 Å². The predicted octanol–water partition coefficient (Wildman–Crippen LogP) is 1.52. The van der Waals surface area contributed by atoms with E-state index in [-0.39, 0.29) is 22.0 Å². The molecule has 0 saturated carbocycles. The molecular weight excluding hydrogens is 300 g/mol. The maximum atomic E-state index is 12.1. The molecule has 1 heterocycles. The Morgan fingerprint density at radius 2 is 1.90 bits per heavy atom. The molecule has 0 aliphatic heterocycles. The SMILES string of the molecule is Cn1cccc(CNS(=O)(=O)c2ccccc2Cl)c1=O. The molecule has 0 aliphatic rings. The van der Waals surface area contributed by atoms with E-state index in [1.54, 1.807) is 37.5 Å². The number of pyridine rings is 1. The van der Waals surface area contributed by atoms with Crippen LogP contribution in [-0.4, -0.2) is 13.0 Å². The standard InChI is InChI=1S/C13H13ClN2O3S/c1-16-8-4-5-10(13(16)17)9-15-20(18,19)12-7-3-2-6-11(12)14/h2-8,15H,9H2,1H3. The van der Waals surface area contributed by atoms with E-state index in [0.29, 0.717) is 5.56 Å². The Bertz CT molecular complexity index is 784. The van der Waals surface area contributed by atoms with Gasteiger partial charge in [-0.15, -0.1) is 0 Å². The summed E-state index contributed by atoms with van der Waals surface area (Å²) in [5.74, 6) is 0. The van der Waals surface area contributed by atoms with Crippen LogP contribution in [0.5, 0.6) is 0 Å². The Morgan fingerprint density at radius 3 is 2.60 bits per heavy atom. The van der Waals surface area contributed by atoms with Crippen molar-refractivity contribution in [1.29, 1.82) is 0 Å². The van der Waals surface area contributed by atoms with Gasteiger partial charge in [-0.1, -0.05) is 29.8 Å². The second kappa shape index (κ2) is 5.78. The van der Waals surface area contributed by atoms with Gasteiger partial charge in [0.1, 0.15) is 4.90 Å². The van der Waals surface area contributed by atoms with Gasteiger partial charge in [0.2, 0.25) is 10.0 Å². The highest BCUT2D eigenvalue weighted by Gasteiger charge is 2.17. The molecule has 1 N–H and O–H groups in total. The zero-order valence-electron chi connectivity index (χ0n) is 10.7. The van der Waals surface area contributed by atoms with E-state index in [2.05, 4.69) is 4.72 Å². The van der Waals surface area contributed by atoms with Crippen LogP contribution >= 0.6 is 11.6 Å². The lowest BCUT2D eigenvalue weighted by molar-refractivity contribution is 0.580. The van der Waals surface area contributed by atoms with Crippen LogP contribution in [-0.2, 0) is 23.6 Å². The van der Waals surface area contributed by atoms with Gasteiger partial charge < -0.3 is 4.57 Å². The molecule has 7 heteroatoms. The maximum Gasteiger partial charge on any atom is 0.254 e. The number of sulfonamides is 1. The molecule has 0 fully saturated rings. The van der Waals surface area contributed by atoms with Gasteiger partial charge in [0.15, 0.2) is 0 Å². The van der Waals surface area contributed by atoms with E-state index < -0.39 is 10.0 Å². The summed E-state index contributed by atoms with van der Waals surface area (Å²) in [6.45, 7) is -0.0823. The zero-order chi connectivity index (χ0) is 14.8. The Morgan fingerprint density at radius 1 is 1.20 bits per heavy atom. The Hall–Kier alpha value is -1.63. The van der Waals surface area contributed by atoms with Crippen LogP contribution in [0, 0.1) is 0 Å². The van der Waals surface area contributed by atoms with Crippen molar-refractivity contribution in [3.05, 3.63) is 63.5 Å². The first-order valence-electron chi connectivity index (χ1n) is 5.80. The summed E-state index contributed by atoms with van der Waals surface area (Å²) in [7, 11) is -2.14. The van der Waals surface area contributed by atoms with Crippen molar-refractivity contribution in [2.45, 2.75) is 11.4 Å². The minimum atomic E-state index is -3.75. The molecule has 0 bridgehead atoms. The molecule has 1 aromatic heterocycles. The van der Waals surface area contributed by atoms with E-state index in [1.165, 1.54) is 16.7 Å². The topological polar surface area (TPSA) is 68.2 Å². The summed E-state index contributed by atoms with van der Waals surface area (Å²) in [5, 5.41) is 0.140. The van der Waals surface area contributed by atoms with Crippen molar-refractivity contribution in [2.24, 2.45) is 7.05 Å². The summed E-state index contributed by atoms with van der Waals surface area (Å²) in [6, 6.07) is 9.40. The molecule has 1 aromatic carbocycles. The van der Waals surface area contributed by atoms with Gasteiger partial charge in [-0.3, -0.25) is 4.79 Å². The third-order valence-electron chi connectivity index (χ3n) is 2.78. The third kappa shape index (κ3) is 3.09. The monoisotopic (exact) mass is 312 g/mol. The van der Waals surface area contributed by atoms with Crippen molar-refractivity contribution >= 4 is 21.6 Å². The number of nitrogens with one attached hydrogen (secondary N) is 1. The van der Waals surface area contributed by atoms with E-state index >= 15 is 0 Å². The Kier molecular flexibility index (Phi) is 4.27. The number of hydrogen-bond acceptors (Lipinski definition) is 3. The molecule has 5 nitrogen and oxygen atoms in total. The second-order valence-electron chi connectivity index (χ2n) is 4.20. The normalized spacial score (nSPS) is 11.5. The summed E-state index contributed by atoms with van der Waals surface area (Å²) in [6.07, 6.45) is 1.61. The van der Waals surface area contributed by atoms with E-state index in [9.17, 15) is 13.2 Å². The van der Waals surface area contributed by atoms with Crippen LogP contribution in [0.1, 0.15) is 5.56 Å². The van der Waals surface area contributed by atoms with Crippen molar-refractivity contribution in [3.63, 3.8) is 0 Å². The smallest absolute Gasteiger partial charge is 0.254 e. The number of benzene rings is 1. The first-order valence-corrected chi connectivity index (χ1v) is 7.66. The number of aryl methyl sites for hydroxylation is 1. The minimum Gasteiger partial charge on any atom is -0.318 e. The summed E-state index contributed by atoms with van der Waals surface area (Å²) >= 11 is 5.86. The molecule has 0 radical (unpaired) electrons. The second-order valence-corrected chi connectivity index (χ2v) is 6.35. The Balaban J connectivity index is 2.25. The van der Waals surface area contributed by atoms with Crippen LogP contribution in [0.4, 0.5) is 0 Å². The molecule has 0 unspecified atom stereocenters. The Labute approximate surface area is 121 Å². The fourth-order valence-corrected chi connectivity index (χ4v) is 3.23. The molecule has 106 valence electrons. The van der Waals surface area contributed by atoms with Crippen LogP contribution in [0.25, 0.3) is 0 Å². The molecule has 2 rings (SSSR count). The lowest BCUT2D eigenvalue weighted by Crippen LogP contribution is -2.29. The quantitative estimate of drug-likeness (QED) is 0.930.